The van der Waals surface area contributed by atoms with Gasteiger partial charge in [0.05, 0.1) is 49.5 Å². The molecule has 19 atom stereocenters. The summed E-state index contributed by atoms with van der Waals surface area (Å²) in [7, 11) is 4.43. The zero-order valence-corrected chi connectivity index (χ0v) is 50.1. The van der Waals surface area contributed by atoms with Gasteiger partial charge in [-0.25, -0.2) is 27.5 Å². The van der Waals surface area contributed by atoms with E-state index >= 15 is 0 Å². The number of carbonyl (C=O) groups excluding carboxylic acids is 6. The lowest BCUT2D eigenvalue weighted by molar-refractivity contribution is -0.265. The van der Waals surface area contributed by atoms with Crippen LogP contribution in [0.4, 0.5) is 0 Å². The molecule has 4 heterocycles. The van der Waals surface area contributed by atoms with Gasteiger partial charge < -0.3 is 53.4 Å². The number of aliphatic hydroxyl groups is 3. The minimum atomic E-state index is -2.62. The van der Waals surface area contributed by atoms with Gasteiger partial charge in [-0.15, -0.1) is 0 Å². The summed E-state index contributed by atoms with van der Waals surface area (Å²) in [4.78, 5) is 96.9. The number of ketones is 2. The molecule has 81 heavy (non-hydrogen) atoms. The van der Waals surface area contributed by atoms with Gasteiger partial charge in [0.2, 0.25) is 5.79 Å². The number of allylic oxidation sites excluding steroid dienone is 1. The zero-order valence-electron chi connectivity index (χ0n) is 50.1. The second-order valence-electron chi connectivity index (χ2n) is 24.0. The highest BCUT2D eigenvalue weighted by molar-refractivity contribution is 6.39. The lowest BCUT2D eigenvalue weighted by Gasteiger charge is -2.44. The molecule has 19 nitrogen and oxygen atoms in total. The molecule has 0 aromatic heterocycles. The standard InChI is InChI=1S/C62H93N3O16/c1-16-78-58(72)60(63-11)44-23-25-46(61(60,64-12)59(73)79-17-2)36(4)28-35(3)42(10)54(77-15)53(68)40(8)29-37(5)49(67)34-51(38(6)30-43-22-26-48(66)52(32-43)76-14)80-57(71)47-20-18-19-27-65(47)56(70)55(69)62(74)41(9)21-24-45(81-62)33-50(75-13)39(7)31-44/h29,31,35-38,41,43-48,50-54,66,68,74H,10,16-28,30,32-34H2,1-9,13-15H3/b39-31?,40-29+. The smallest absolute Gasteiger partial charge is 0.419 e. The van der Waals surface area contributed by atoms with Crippen LogP contribution in [-0.2, 0) is 61.9 Å². The fourth-order valence-corrected chi connectivity index (χ4v) is 13.9. The van der Waals surface area contributed by atoms with E-state index in [1.165, 1.54) is 14.2 Å². The topological polar surface area (TPSA) is 240 Å². The van der Waals surface area contributed by atoms with Crippen molar-refractivity contribution in [3.63, 3.8) is 0 Å². The molecule has 1 amide bonds. The number of methoxy groups -OCH3 is 3. The lowest BCUT2D eigenvalue weighted by Crippen LogP contribution is -2.70. The molecule has 3 N–H and O–H groups in total. The molecule has 452 valence electrons. The predicted octanol–water partition coefficient (Wildman–Crippen LogP) is 7.52. The maximum Gasteiger partial charge on any atom is 0.419 e. The molecule has 2 saturated carbocycles. The maximum atomic E-state index is 14.8. The number of esters is 3. The highest BCUT2D eigenvalue weighted by Gasteiger charge is 2.84. The van der Waals surface area contributed by atoms with Gasteiger partial charge in [0, 0.05) is 52.6 Å². The minimum absolute atomic E-state index is 0.0106. The summed E-state index contributed by atoms with van der Waals surface area (Å²) in [5.74, 6) is -13.1. The summed E-state index contributed by atoms with van der Waals surface area (Å²) >= 11 is 0. The number of hydrogen-bond donors (Lipinski definition) is 3. The van der Waals surface area contributed by atoms with Crippen LogP contribution < -0.4 is 0 Å². The summed E-state index contributed by atoms with van der Waals surface area (Å²) in [5, 5.41) is 34.9. The number of nitrogens with zero attached hydrogens (tertiary/aromatic N) is 3. The van der Waals surface area contributed by atoms with E-state index in [2.05, 4.69) is 16.3 Å². The Kier molecular flexibility index (Phi) is 24.0. The van der Waals surface area contributed by atoms with Crippen LogP contribution in [0.2, 0.25) is 0 Å². The SMILES string of the molecule is [C-]#[N+]C1(C(=O)OCC)C2C=C(C)C(OC)CC3CCC(C)C(O)(O3)C(=O)C(=O)N3CCCCC3C(=O)OC(C(C)CC3CCC(O)C(OC)C3)CC(=O)C(C)/C=C(\C)C(O)C(OC)C(=C)C(C)CC(C)C(CC2)C1([N+]#[C-])C(=O)OCC. The molecule has 4 aliphatic heterocycles. The first kappa shape index (κ1) is 66.9. The van der Waals surface area contributed by atoms with Gasteiger partial charge in [0.25, 0.3) is 11.7 Å². The molecule has 0 aromatic rings. The largest absolute Gasteiger partial charge is 0.460 e. The first-order chi connectivity index (χ1) is 38.3. The van der Waals surface area contributed by atoms with Crippen molar-refractivity contribution in [1.29, 1.82) is 0 Å². The van der Waals surface area contributed by atoms with E-state index in [-0.39, 0.29) is 88.4 Å². The van der Waals surface area contributed by atoms with Gasteiger partial charge >= 0.3 is 29.0 Å². The summed E-state index contributed by atoms with van der Waals surface area (Å²) in [6.45, 7) is 37.4. The molecule has 0 aromatic carbocycles. The Bertz CT molecular complexity index is 2410. The van der Waals surface area contributed by atoms with E-state index in [1.54, 1.807) is 60.8 Å². The fraction of sp³-hybridized carbons (Fsp3) is 0.774. The molecule has 6 rings (SSSR count). The third-order valence-electron chi connectivity index (χ3n) is 18.8. The molecule has 19 heteroatoms. The van der Waals surface area contributed by atoms with E-state index in [1.807, 2.05) is 20.8 Å². The van der Waals surface area contributed by atoms with E-state index in [9.17, 15) is 44.1 Å². The maximum absolute atomic E-state index is 14.8. The van der Waals surface area contributed by atoms with Crippen molar-refractivity contribution < 1.29 is 77.2 Å². The van der Waals surface area contributed by atoms with Crippen molar-refractivity contribution in [2.45, 2.75) is 218 Å². The molecule has 4 fully saturated rings. The summed E-state index contributed by atoms with van der Waals surface area (Å²) < 4.78 is 41.5. The van der Waals surface area contributed by atoms with Crippen LogP contribution >= 0.6 is 0 Å². The zero-order chi connectivity index (χ0) is 60.3. The van der Waals surface area contributed by atoms with Crippen LogP contribution in [0.15, 0.2) is 35.5 Å². The summed E-state index contributed by atoms with van der Waals surface area (Å²) in [5.41, 5.74) is -3.49. The predicted molar refractivity (Wildman–Crippen MR) is 299 cm³/mol. The molecule has 19 unspecified atom stereocenters. The molecule has 4 bridgehead atoms. The number of hydrogen-bond acceptors (Lipinski definition) is 16. The van der Waals surface area contributed by atoms with Crippen molar-refractivity contribution in [1.82, 2.24) is 4.90 Å². The van der Waals surface area contributed by atoms with Crippen molar-refractivity contribution >= 4 is 35.4 Å². The minimum Gasteiger partial charge on any atom is -0.460 e. The van der Waals surface area contributed by atoms with Crippen LogP contribution in [-0.4, -0.2) is 162 Å². The number of amides is 1. The van der Waals surface area contributed by atoms with Crippen LogP contribution in [0.5, 0.6) is 0 Å². The molecule has 0 spiro atoms. The second kappa shape index (κ2) is 29.1. The van der Waals surface area contributed by atoms with Crippen molar-refractivity contribution in [2.24, 2.45) is 47.3 Å². The third-order valence-corrected chi connectivity index (χ3v) is 18.8. The first-order valence-electron chi connectivity index (χ1n) is 29.4. The highest BCUT2D eigenvalue weighted by atomic mass is 16.6. The van der Waals surface area contributed by atoms with Crippen molar-refractivity contribution in [2.75, 3.05) is 41.1 Å². The Morgan fingerprint density at radius 2 is 1.48 bits per heavy atom. The second-order valence-corrected chi connectivity index (χ2v) is 24.0. The molecular weight excluding hydrogens is 1040 g/mol. The lowest BCUT2D eigenvalue weighted by atomic mass is 9.53. The Morgan fingerprint density at radius 1 is 0.827 bits per heavy atom. The molecule has 6 aliphatic rings. The van der Waals surface area contributed by atoms with Crippen LogP contribution in [0.25, 0.3) is 9.69 Å². The number of ether oxygens (including phenoxy) is 7. The van der Waals surface area contributed by atoms with E-state index in [0.29, 0.717) is 61.7 Å². The first-order valence-corrected chi connectivity index (χ1v) is 29.4. The number of rotatable bonds is 10. The summed E-state index contributed by atoms with van der Waals surface area (Å²) in [6.07, 6.45) is 1.84. The van der Waals surface area contributed by atoms with Gasteiger partial charge in [-0.2, -0.15) is 0 Å². The normalized spacial score (nSPS) is 39.4. The van der Waals surface area contributed by atoms with Gasteiger partial charge in [-0.05, 0) is 145 Å². The Labute approximate surface area is 480 Å². The van der Waals surface area contributed by atoms with Crippen LogP contribution in [0.3, 0.4) is 0 Å². The molecule has 2 saturated heterocycles. The number of fused-ring (bicyclic) bond motifs is 17. The van der Waals surface area contributed by atoms with Gasteiger partial charge in [-0.3, -0.25) is 24.1 Å². The van der Waals surface area contributed by atoms with Gasteiger partial charge in [0.1, 0.15) is 30.1 Å². The Hall–Kier alpha value is -4.86. The number of carbonyl (C=O) groups is 6. The quantitative estimate of drug-likeness (QED) is 0.0630. The van der Waals surface area contributed by atoms with E-state index in [0.717, 1.165) is 4.90 Å². The Balaban J connectivity index is 1.64. The van der Waals surface area contributed by atoms with E-state index < -0.39 is 125 Å². The summed E-state index contributed by atoms with van der Waals surface area (Å²) in [6, 6.07) is -1.22. The van der Waals surface area contributed by atoms with Crippen molar-refractivity contribution in [3.8, 4) is 0 Å². The molecular formula is C62H93N3O16. The average Bonchev–Trinajstić information content (AvgIpc) is 3.64. The van der Waals surface area contributed by atoms with Gasteiger partial charge in [-0.1, -0.05) is 53.3 Å². The van der Waals surface area contributed by atoms with Crippen LogP contribution in [0.1, 0.15) is 152 Å². The number of Topliss-reactive ketones (excluding diaryl/α,β-unsaturated/α-hetero) is 2. The molecule has 0 radical (unpaired) electrons. The third kappa shape index (κ3) is 14.1. The molecule has 2 aliphatic carbocycles. The van der Waals surface area contributed by atoms with Crippen LogP contribution in [0, 0.1) is 60.5 Å². The van der Waals surface area contributed by atoms with Gasteiger partial charge in [0.15, 0.2) is 0 Å². The van der Waals surface area contributed by atoms with E-state index in [4.69, 9.17) is 46.3 Å². The number of piperidine rings is 1. The van der Waals surface area contributed by atoms with Crippen molar-refractivity contribution in [3.05, 3.63) is 58.3 Å². The number of aliphatic hydroxyl groups excluding tert-OH is 2. The fourth-order valence-electron chi connectivity index (χ4n) is 13.9. The Morgan fingerprint density at radius 3 is 2.09 bits per heavy atom. The highest BCUT2D eigenvalue weighted by Crippen LogP contribution is 2.56. The average molecular weight is 1140 g/mol. The monoisotopic (exact) mass is 1140 g/mol.